The molecule has 0 bridgehead atoms. The van der Waals surface area contributed by atoms with Crippen LogP contribution in [0.1, 0.15) is 65.2 Å². The highest BCUT2D eigenvalue weighted by Gasteiger charge is 2.15. The van der Waals surface area contributed by atoms with E-state index in [1.165, 1.54) is 19.3 Å². The van der Waals surface area contributed by atoms with Crippen LogP contribution in [0.5, 0.6) is 0 Å². The summed E-state index contributed by atoms with van der Waals surface area (Å²) in [5, 5.41) is 8.73. The lowest BCUT2D eigenvalue weighted by molar-refractivity contribution is -0.121. The molecular formula is C16H31N3O2. The van der Waals surface area contributed by atoms with Gasteiger partial charge in [-0.05, 0) is 31.6 Å². The number of amides is 3. The predicted molar refractivity (Wildman–Crippen MR) is 85.1 cm³/mol. The molecule has 0 aromatic heterocycles. The third kappa shape index (κ3) is 9.32. The van der Waals surface area contributed by atoms with Gasteiger partial charge < -0.3 is 16.0 Å². The lowest BCUT2D eigenvalue weighted by atomic mass is 9.96. The van der Waals surface area contributed by atoms with Crippen LogP contribution in [0.15, 0.2) is 0 Å². The van der Waals surface area contributed by atoms with Gasteiger partial charge in [0.2, 0.25) is 5.91 Å². The molecule has 5 nitrogen and oxygen atoms in total. The van der Waals surface area contributed by atoms with Crippen LogP contribution >= 0.6 is 0 Å². The standard InChI is InChI=1S/C16H31N3O2/c1-13(2)10-12-17-15(20)9-6-11-18-16(21)19-14-7-4-3-5-8-14/h13-14H,3-12H2,1-2H3,(H,17,20)(H2,18,19,21). The average Bonchev–Trinajstić information content (AvgIpc) is 2.44. The fourth-order valence-corrected chi connectivity index (χ4v) is 2.52. The van der Waals surface area contributed by atoms with Crippen molar-refractivity contribution in [2.75, 3.05) is 13.1 Å². The van der Waals surface area contributed by atoms with Crippen LogP contribution in [-0.4, -0.2) is 31.1 Å². The summed E-state index contributed by atoms with van der Waals surface area (Å²) in [7, 11) is 0. The highest BCUT2D eigenvalue weighted by Crippen LogP contribution is 2.17. The summed E-state index contributed by atoms with van der Waals surface area (Å²) in [4.78, 5) is 23.2. The largest absolute Gasteiger partial charge is 0.356 e. The van der Waals surface area contributed by atoms with Gasteiger partial charge in [0, 0.05) is 25.6 Å². The quantitative estimate of drug-likeness (QED) is 0.603. The van der Waals surface area contributed by atoms with Gasteiger partial charge in [-0.15, -0.1) is 0 Å². The van der Waals surface area contributed by atoms with E-state index in [1.54, 1.807) is 0 Å². The number of urea groups is 1. The summed E-state index contributed by atoms with van der Waals surface area (Å²) < 4.78 is 0. The second kappa shape index (κ2) is 10.5. The minimum absolute atomic E-state index is 0.0742. The Labute approximate surface area is 128 Å². The Bertz CT molecular complexity index is 313. The second-order valence-corrected chi connectivity index (χ2v) is 6.37. The van der Waals surface area contributed by atoms with Crippen molar-refractivity contribution in [3.63, 3.8) is 0 Å². The van der Waals surface area contributed by atoms with Gasteiger partial charge in [-0.25, -0.2) is 4.79 Å². The lowest BCUT2D eigenvalue weighted by Gasteiger charge is -2.22. The molecule has 1 rings (SSSR count). The molecule has 0 saturated heterocycles. The van der Waals surface area contributed by atoms with Gasteiger partial charge in [-0.3, -0.25) is 4.79 Å². The Morgan fingerprint density at radius 3 is 2.43 bits per heavy atom. The van der Waals surface area contributed by atoms with Crippen LogP contribution in [0.25, 0.3) is 0 Å². The summed E-state index contributed by atoms with van der Waals surface area (Å²) in [6.07, 6.45) is 8.05. The third-order valence-electron chi connectivity index (χ3n) is 3.85. The highest BCUT2D eigenvalue weighted by molar-refractivity contribution is 5.76. The number of nitrogens with one attached hydrogen (secondary N) is 3. The highest BCUT2D eigenvalue weighted by atomic mass is 16.2. The van der Waals surface area contributed by atoms with Crippen molar-refractivity contribution >= 4 is 11.9 Å². The molecule has 3 amide bonds. The molecule has 21 heavy (non-hydrogen) atoms. The van der Waals surface area contributed by atoms with Gasteiger partial charge in [-0.1, -0.05) is 33.1 Å². The van der Waals surface area contributed by atoms with Gasteiger partial charge in [0.05, 0.1) is 0 Å². The SMILES string of the molecule is CC(C)CCNC(=O)CCCNC(=O)NC1CCCCC1. The molecule has 3 N–H and O–H groups in total. The van der Waals surface area contributed by atoms with E-state index in [2.05, 4.69) is 29.8 Å². The number of hydrogen-bond donors (Lipinski definition) is 3. The number of rotatable bonds is 8. The molecule has 0 heterocycles. The fraction of sp³-hybridized carbons (Fsp3) is 0.875. The molecule has 1 saturated carbocycles. The van der Waals surface area contributed by atoms with Gasteiger partial charge in [-0.2, -0.15) is 0 Å². The predicted octanol–water partition coefficient (Wildman–Crippen LogP) is 2.56. The first-order chi connectivity index (χ1) is 10.1. The molecule has 0 aliphatic heterocycles. The zero-order valence-corrected chi connectivity index (χ0v) is 13.5. The van der Waals surface area contributed by atoms with Gasteiger partial charge in [0.1, 0.15) is 0 Å². The summed E-state index contributed by atoms with van der Waals surface area (Å²) in [6.45, 7) is 5.57. The summed E-state index contributed by atoms with van der Waals surface area (Å²) in [6, 6.07) is 0.236. The number of carbonyl (C=O) groups excluding carboxylic acids is 2. The lowest BCUT2D eigenvalue weighted by Crippen LogP contribution is -2.43. The number of hydrogen-bond acceptors (Lipinski definition) is 2. The maximum atomic E-state index is 11.7. The molecule has 0 atom stereocenters. The van der Waals surface area contributed by atoms with Crippen LogP contribution in [0.3, 0.4) is 0 Å². The van der Waals surface area contributed by atoms with Gasteiger partial charge in [0.25, 0.3) is 0 Å². The zero-order chi connectivity index (χ0) is 15.5. The first kappa shape index (κ1) is 17.8. The average molecular weight is 297 g/mol. The topological polar surface area (TPSA) is 70.2 Å². The smallest absolute Gasteiger partial charge is 0.315 e. The first-order valence-corrected chi connectivity index (χ1v) is 8.39. The van der Waals surface area contributed by atoms with Crippen LogP contribution in [0.4, 0.5) is 4.79 Å². The summed E-state index contributed by atoms with van der Waals surface area (Å²) in [5.41, 5.74) is 0. The maximum Gasteiger partial charge on any atom is 0.315 e. The van der Waals surface area contributed by atoms with E-state index in [-0.39, 0.29) is 11.9 Å². The maximum absolute atomic E-state index is 11.7. The molecule has 1 aliphatic rings. The van der Waals surface area contributed by atoms with E-state index in [0.29, 0.717) is 31.3 Å². The molecular weight excluding hydrogens is 266 g/mol. The molecule has 122 valence electrons. The van der Waals surface area contributed by atoms with Crippen molar-refractivity contribution in [2.45, 2.75) is 71.3 Å². The Hall–Kier alpha value is -1.26. The van der Waals surface area contributed by atoms with E-state index >= 15 is 0 Å². The van der Waals surface area contributed by atoms with Crippen LogP contribution in [0, 0.1) is 5.92 Å². The van der Waals surface area contributed by atoms with Crippen LogP contribution in [0.2, 0.25) is 0 Å². The third-order valence-corrected chi connectivity index (χ3v) is 3.85. The number of carbonyl (C=O) groups is 2. The van der Waals surface area contributed by atoms with Crippen molar-refractivity contribution in [1.29, 1.82) is 0 Å². The zero-order valence-electron chi connectivity index (χ0n) is 13.5. The second-order valence-electron chi connectivity index (χ2n) is 6.37. The Kier molecular flexibility index (Phi) is 8.87. The van der Waals surface area contributed by atoms with Crippen LogP contribution < -0.4 is 16.0 Å². The molecule has 0 aromatic carbocycles. The minimum Gasteiger partial charge on any atom is -0.356 e. The monoisotopic (exact) mass is 297 g/mol. The summed E-state index contributed by atoms with van der Waals surface area (Å²) >= 11 is 0. The Morgan fingerprint density at radius 1 is 1.05 bits per heavy atom. The van der Waals surface area contributed by atoms with E-state index in [1.807, 2.05) is 0 Å². The Balaban J connectivity index is 1.97. The molecule has 5 heteroatoms. The van der Waals surface area contributed by atoms with Crippen molar-refractivity contribution in [1.82, 2.24) is 16.0 Å². The molecule has 0 aromatic rings. The minimum atomic E-state index is -0.0953. The van der Waals surface area contributed by atoms with Crippen molar-refractivity contribution in [2.24, 2.45) is 5.92 Å². The molecule has 0 radical (unpaired) electrons. The van der Waals surface area contributed by atoms with Gasteiger partial charge in [0.15, 0.2) is 0 Å². The van der Waals surface area contributed by atoms with E-state index in [4.69, 9.17) is 0 Å². The van der Waals surface area contributed by atoms with E-state index in [9.17, 15) is 9.59 Å². The fourth-order valence-electron chi connectivity index (χ4n) is 2.52. The molecule has 1 aliphatic carbocycles. The van der Waals surface area contributed by atoms with Crippen LogP contribution in [-0.2, 0) is 4.79 Å². The van der Waals surface area contributed by atoms with E-state index in [0.717, 1.165) is 25.8 Å². The van der Waals surface area contributed by atoms with Crippen molar-refractivity contribution in [3.05, 3.63) is 0 Å². The molecule has 0 spiro atoms. The first-order valence-electron chi connectivity index (χ1n) is 8.39. The van der Waals surface area contributed by atoms with Gasteiger partial charge >= 0.3 is 6.03 Å². The molecule has 1 fully saturated rings. The molecule has 0 unspecified atom stereocenters. The van der Waals surface area contributed by atoms with E-state index < -0.39 is 0 Å². The normalized spacial score (nSPS) is 15.8. The van der Waals surface area contributed by atoms with Crippen molar-refractivity contribution < 1.29 is 9.59 Å². The summed E-state index contributed by atoms with van der Waals surface area (Å²) in [5.74, 6) is 0.681. The van der Waals surface area contributed by atoms with Crippen molar-refractivity contribution in [3.8, 4) is 0 Å². The Morgan fingerprint density at radius 2 is 1.76 bits per heavy atom.